The van der Waals surface area contributed by atoms with Gasteiger partial charge in [0.05, 0.1) is 11.6 Å². The van der Waals surface area contributed by atoms with E-state index in [-0.39, 0.29) is 5.91 Å². The highest BCUT2D eigenvalue weighted by Gasteiger charge is 2.24. The third kappa shape index (κ3) is 2.04. The number of carbonyl (C=O) groups excluding carboxylic acids is 1. The number of nitrogens with one attached hydrogen (secondary N) is 1. The van der Waals surface area contributed by atoms with E-state index in [1.165, 1.54) is 6.92 Å². The van der Waals surface area contributed by atoms with Crippen LogP contribution in [0, 0.1) is 0 Å². The Balaban J connectivity index is 2.22. The number of amides is 1. The summed E-state index contributed by atoms with van der Waals surface area (Å²) in [5, 5.41) is 3.75. The van der Waals surface area contributed by atoms with E-state index in [0.717, 1.165) is 11.3 Å². The van der Waals surface area contributed by atoms with Gasteiger partial charge in [0, 0.05) is 18.8 Å². The number of fused-ring (bicyclic) bond motifs is 2. The summed E-state index contributed by atoms with van der Waals surface area (Å²) in [4.78, 5) is 17.8. The van der Waals surface area contributed by atoms with Crippen molar-refractivity contribution in [3.63, 3.8) is 0 Å². The predicted octanol–water partition coefficient (Wildman–Crippen LogP) is 3.35. The van der Waals surface area contributed by atoms with Crippen LogP contribution in [0.2, 0.25) is 5.02 Å². The quantitative estimate of drug-likeness (QED) is 0.801. The van der Waals surface area contributed by atoms with E-state index in [4.69, 9.17) is 11.6 Å². The number of hydrogen-bond donors (Lipinski definition) is 1. The number of para-hydroxylation sites is 1. The molecular formula is C14H12ClN3O. The lowest BCUT2D eigenvalue weighted by atomic mass is 10.1. The van der Waals surface area contributed by atoms with Crippen molar-refractivity contribution in [3.8, 4) is 0 Å². The first-order chi connectivity index (χ1) is 9.16. The summed E-state index contributed by atoms with van der Waals surface area (Å²) >= 11 is 6.22. The van der Waals surface area contributed by atoms with Crippen LogP contribution in [0.5, 0.6) is 0 Å². The number of carbonyl (C=O) groups is 1. The molecule has 2 heterocycles. The van der Waals surface area contributed by atoms with Gasteiger partial charge in [-0.25, -0.2) is 4.98 Å². The maximum atomic E-state index is 11.9. The van der Waals surface area contributed by atoms with Gasteiger partial charge in [0.2, 0.25) is 5.91 Å². The van der Waals surface area contributed by atoms with Gasteiger partial charge >= 0.3 is 0 Å². The van der Waals surface area contributed by atoms with Crippen LogP contribution in [-0.2, 0) is 11.3 Å². The summed E-state index contributed by atoms with van der Waals surface area (Å²) in [5.74, 6) is 0.544. The first-order valence-corrected chi connectivity index (χ1v) is 6.32. The minimum Gasteiger partial charge on any atom is -0.338 e. The number of rotatable bonds is 0. The number of nitrogens with zero attached hydrogens (tertiary/aromatic N) is 2. The van der Waals surface area contributed by atoms with Crippen molar-refractivity contribution in [2.75, 3.05) is 10.2 Å². The second-order valence-electron chi connectivity index (χ2n) is 4.38. The fourth-order valence-corrected chi connectivity index (χ4v) is 2.45. The van der Waals surface area contributed by atoms with Gasteiger partial charge in [-0.2, -0.15) is 0 Å². The molecule has 96 valence electrons. The van der Waals surface area contributed by atoms with E-state index in [0.29, 0.717) is 23.1 Å². The molecule has 2 aromatic rings. The summed E-state index contributed by atoms with van der Waals surface area (Å²) < 4.78 is 0. The molecule has 0 radical (unpaired) electrons. The molecule has 1 aromatic carbocycles. The number of benzene rings is 1. The highest BCUT2D eigenvalue weighted by atomic mass is 35.5. The maximum absolute atomic E-state index is 11.9. The molecule has 0 spiro atoms. The molecule has 0 fully saturated rings. The average molecular weight is 274 g/mol. The van der Waals surface area contributed by atoms with Crippen molar-refractivity contribution in [3.05, 3.63) is 47.1 Å². The molecule has 0 saturated carbocycles. The first-order valence-electron chi connectivity index (χ1n) is 5.94. The van der Waals surface area contributed by atoms with Gasteiger partial charge in [0.25, 0.3) is 0 Å². The Morgan fingerprint density at radius 2 is 2.16 bits per heavy atom. The van der Waals surface area contributed by atoms with Crippen molar-refractivity contribution < 1.29 is 4.79 Å². The Hall–Kier alpha value is -2.07. The standard InChI is InChI=1S/C14H12ClN3O/c1-9(19)18-8-10-4-2-3-5-12(10)17-14-13(18)11(15)6-7-16-14/h2-7H,8H2,1H3,(H,16,17). The van der Waals surface area contributed by atoms with E-state index in [2.05, 4.69) is 10.3 Å². The minimum absolute atomic E-state index is 0.0605. The van der Waals surface area contributed by atoms with Crippen LogP contribution in [0.1, 0.15) is 12.5 Å². The van der Waals surface area contributed by atoms with Crippen LogP contribution in [0.25, 0.3) is 0 Å². The van der Waals surface area contributed by atoms with E-state index >= 15 is 0 Å². The van der Waals surface area contributed by atoms with Crippen LogP contribution in [0.15, 0.2) is 36.5 Å². The molecule has 0 unspecified atom stereocenters. The zero-order valence-corrected chi connectivity index (χ0v) is 11.1. The Morgan fingerprint density at radius 3 is 2.95 bits per heavy atom. The van der Waals surface area contributed by atoms with Crippen molar-refractivity contribution in [2.45, 2.75) is 13.5 Å². The van der Waals surface area contributed by atoms with Crippen LogP contribution in [0.4, 0.5) is 17.2 Å². The largest absolute Gasteiger partial charge is 0.338 e. The Morgan fingerprint density at radius 1 is 1.37 bits per heavy atom. The highest BCUT2D eigenvalue weighted by Crippen LogP contribution is 2.38. The van der Waals surface area contributed by atoms with Gasteiger partial charge in [-0.15, -0.1) is 0 Å². The zero-order chi connectivity index (χ0) is 13.4. The van der Waals surface area contributed by atoms with Gasteiger partial charge in [-0.1, -0.05) is 29.8 Å². The highest BCUT2D eigenvalue weighted by molar-refractivity contribution is 6.34. The van der Waals surface area contributed by atoms with Crippen LogP contribution < -0.4 is 10.2 Å². The number of halogens is 1. The molecule has 1 N–H and O–H groups in total. The van der Waals surface area contributed by atoms with Gasteiger partial charge in [0.1, 0.15) is 5.69 Å². The number of aromatic nitrogens is 1. The molecule has 3 rings (SSSR count). The Bertz CT molecular complexity index is 657. The molecule has 19 heavy (non-hydrogen) atoms. The fourth-order valence-electron chi connectivity index (χ4n) is 2.20. The van der Waals surface area contributed by atoms with Gasteiger partial charge in [-0.05, 0) is 17.7 Å². The van der Waals surface area contributed by atoms with E-state index in [1.54, 1.807) is 17.2 Å². The van der Waals surface area contributed by atoms with Crippen LogP contribution in [0.3, 0.4) is 0 Å². The summed E-state index contributed by atoms with van der Waals surface area (Å²) in [6, 6.07) is 9.53. The molecule has 1 aliphatic rings. The summed E-state index contributed by atoms with van der Waals surface area (Å²) in [7, 11) is 0. The van der Waals surface area contributed by atoms with Crippen molar-refractivity contribution in [1.82, 2.24) is 4.98 Å². The Labute approximate surface area is 116 Å². The SMILES string of the molecule is CC(=O)N1Cc2ccccc2Nc2nccc(Cl)c21. The van der Waals surface area contributed by atoms with Crippen molar-refractivity contribution >= 4 is 34.7 Å². The maximum Gasteiger partial charge on any atom is 0.224 e. The van der Waals surface area contributed by atoms with Gasteiger partial charge in [-0.3, -0.25) is 4.79 Å². The Kier molecular flexibility index (Phi) is 2.87. The molecule has 1 aliphatic heterocycles. The number of pyridine rings is 1. The lowest BCUT2D eigenvalue weighted by molar-refractivity contribution is -0.116. The summed E-state index contributed by atoms with van der Waals surface area (Å²) in [6.07, 6.45) is 1.63. The minimum atomic E-state index is -0.0605. The fraction of sp³-hybridized carbons (Fsp3) is 0.143. The second-order valence-corrected chi connectivity index (χ2v) is 4.78. The lowest BCUT2D eigenvalue weighted by Crippen LogP contribution is -2.27. The third-order valence-electron chi connectivity index (χ3n) is 3.12. The molecule has 4 nitrogen and oxygen atoms in total. The van der Waals surface area contributed by atoms with E-state index < -0.39 is 0 Å². The zero-order valence-electron chi connectivity index (χ0n) is 10.4. The normalized spacial score (nSPS) is 13.1. The lowest BCUT2D eigenvalue weighted by Gasteiger charge is -2.21. The van der Waals surface area contributed by atoms with Crippen LogP contribution >= 0.6 is 11.6 Å². The van der Waals surface area contributed by atoms with Crippen molar-refractivity contribution in [2.24, 2.45) is 0 Å². The first kappa shape index (κ1) is 12.0. The molecular weight excluding hydrogens is 262 g/mol. The van der Waals surface area contributed by atoms with Gasteiger partial charge < -0.3 is 10.2 Å². The molecule has 0 aliphatic carbocycles. The molecule has 0 saturated heterocycles. The van der Waals surface area contributed by atoms with Crippen LogP contribution in [-0.4, -0.2) is 10.9 Å². The van der Waals surface area contributed by atoms with E-state index in [1.807, 2.05) is 24.3 Å². The third-order valence-corrected chi connectivity index (χ3v) is 3.43. The topological polar surface area (TPSA) is 45.2 Å². The predicted molar refractivity (Wildman–Crippen MR) is 75.8 cm³/mol. The molecule has 0 bridgehead atoms. The molecule has 1 amide bonds. The molecule has 5 heteroatoms. The van der Waals surface area contributed by atoms with E-state index in [9.17, 15) is 4.79 Å². The number of anilines is 3. The smallest absolute Gasteiger partial charge is 0.224 e. The summed E-state index contributed by atoms with van der Waals surface area (Å²) in [5.41, 5.74) is 2.61. The second kappa shape index (κ2) is 4.55. The van der Waals surface area contributed by atoms with Gasteiger partial charge in [0.15, 0.2) is 5.82 Å². The monoisotopic (exact) mass is 273 g/mol. The van der Waals surface area contributed by atoms with Crippen molar-refractivity contribution in [1.29, 1.82) is 0 Å². The summed E-state index contributed by atoms with van der Waals surface area (Å²) in [6.45, 7) is 2.01. The average Bonchev–Trinajstić information content (AvgIpc) is 2.55. The number of hydrogen-bond acceptors (Lipinski definition) is 3. The molecule has 0 atom stereocenters. The molecule has 1 aromatic heterocycles.